The number of sulfone groups is 1. The van der Waals surface area contributed by atoms with Crippen molar-refractivity contribution in [3.05, 3.63) is 42.2 Å². The first-order valence-corrected chi connectivity index (χ1v) is 11.7. The van der Waals surface area contributed by atoms with Crippen LogP contribution in [0.1, 0.15) is 19.4 Å². The number of thiazole rings is 1. The summed E-state index contributed by atoms with van der Waals surface area (Å²) < 4.78 is 27.0. The molecular weight excluding hydrogens is 392 g/mol. The topological polar surface area (TPSA) is 76.9 Å². The second-order valence-corrected chi connectivity index (χ2v) is 10.5. The maximum Gasteiger partial charge on any atom is 0.188 e. The van der Waals surface area contributed by atoms with Crippen LogP contribution in [0.4, 0.5) is 10.8 Å². The lowest BCUT2D eigenvalue weighted by atomic mass is 10.0. The number of imidazole rings is 1. The monoisotopic (exact) mass is 414 g/mol. The minimum absolute atomic E-state index is 0.302. The molecule has 0 saturated heterocycles. The lowest BCUT2D eigenvalue weighted by Crippen LogP contribution is -2.04. The van der Waals surface area contributed by atoms with E-state index in [9.17, 15) is 8.42 Å². The van der Waals surface area contributed by atoms with Crippen LogP contribution in [-0.2, 0) is 23.3 Å². The van der Waals surface area contributed by atoms with Crippen molar-refractivity contribution in [2.75, 3.05) is 11.6 Å². The summed E-state index contributed by atoms with van der Waals surface area (Å²) in [7, 11) is -1.32. The number of rotatable bonds is 5. The van der Waals surface area contributed by atoms with Crippen LogP contribution >= 0.6 is 11.3 Å². The van der Waals surface area contributed by atoms with Gasteiger partial charge in [-0.05, 0) is 42.2 Å². The fraction of sp³-hybridized carbons (Fsp3) is 0.300. The average molecular weight is 415 g/mol. The maximum absolute atomic E-state index is 12.0. The van der Waals surface area contributed by atoms with Crippen LogP contribution in [0.5, 0.6) is 0 Å². The highest BCUT2D eigenvalue weighted by Crippen LogP contribution is 2.34. The molecule has 4 rings (SSSR count). The van der Waals surface area contributed by atoms with Crippen LogP contribution in [-0.4, -0.2) is 29.2 Å². The van der Waals surface area contributed by atoms with Gasteiger partial charge >= 0.3 is 0 Å². The Morgan fingerprint density at radius 2 is 1.96 bits per heavy atom. The zero-order valence-electron chi connectivity index (χ0n) is 16.2. The van der Waals surface area contributed by atoms with Gasteiger partial charge in [0.25, 0.3) is 0 Å². The molecule has 0 unspecified atom stereocenters. The van der Waals surface area contributed by atoms with Gasteiger partial charge in [0.1, 0.15) is 11.0 Å². The van der Waals surface area contributed by atoms with Gasteiger partial charge in [0.15, 0.2) is 15.0 Å². The van der Waals surface area contributed by atoms with E-state index in [0.29, 0.717) is 10.8 Å². The minimum Gasteiger partial charge on any atom is -0.334 e. The second-order valence-electron chi connectivity index (χ2n) is 7.47. The first kappa shape index (κ1) is 18.9. The molecule has 0 aliphatic carbocycles. The smallest absolute Gasteiger partial charge is 0.188 e. The van der Waals surface area contributed by atoms with Crippen LogP contribution in [0.15, 0.2) is 41.6 Å². The van der Waals surface area contributed by atoms with Crippen molar-refractivity contribution >= 4 is 53.2 Å². The van der Waals surface area contributed by atoms with Crippen molar-refractivity contribution in [3.63, 3.8) is 0 Å². The lowest BCUT2D eigenvalue weighted by molar-refractivity contribution is 0.601. The molecule has 0 amide bonds. The van der Waals surface area contributed by atoms with Crippen LogP contribution in [0.2, 0.25) is 0 Å². The zero-order valence-corrected chi connectivity index (χ0v) is 17.9. The van der Waals surface area contributed by atoms with Crippen LogP contribution in [0, 0.1) is 5.92 Å². The SMILES string of the molecule is CC(C)Cc1ccc(S(C)(=O)=O)cc1Nc1nc2c(ccc3c2ncn3C)s1. The third-order valence-corrected chi connectivity index (χ3v) is 6.68. The van der Waals surface area contributed by atoms with E-state index in [-0.39, 0.29) is 0 Å². The standard InChI is InChI=1S/C20H22N4O2S2/c1-12(2)9-13-5-6-14(28(4,25)26)10-15(13)22-20-23-19-17(27-20)8-7-16-18(19)21-11-24(16)3/h5-8,10-12H,9H2,1-4H3,(H,22,23). The van der Waals surface area contributed by atoms with E-state index in [0.717, 1.165) is 44.1 Å². The molecule has 0 atom stereocenters. The molecule has 28 heavy (non-hydrogen) atoms. The highest BCUT2D eigenvalue weighted by Gasteiger charge is 2.15. The van der Waals surface area contributed by atoms with Crippen molar-refractivity contribution in [2.24, 2.45) is 13.0 Å². The molecule has 8 heteroatoms. The van der Waals surface area contributed by atoms with Gasteiger partial charge in [-0.1, -0.05) is 31.3 Å². The Kier molecular flexibility index (Phi) is 4.63. The van der Waals surface area contributed by atoms with Crippen molar-refractivity contribution < 1.29 is 8.42 Å². The van der Waals surface area contributed by atoms with Crippen molar-refractivity contribution in [1.82, 2.24) is 14.5 Å². The predicted molar refractivity (Wildman–Crippen MR) is 115 cm³/mol. The van der Waals surface area contributed by atoms with E-state index >= 15 is 0 Å². The quantitative estimate of drug-likeness (QED) is 0.519. The largest absolute Gasteiger partial charge is 0.334 e. The normalized spacial score (nSPS) is 12.3. The van der Waals surface area contributed by atoms with Gasteiger partial charge in [0, 0.05) is 19.0 Å². The molecule has 0 aliphatic rings. The molecule has 146 valence electrons. The van der Waals surface area contributed by atoms with E-state index < -0.39 is 9.84 Å². The Morgan fingerprint density at radius 1 is 1.18 bits per heavy atom. The summed E-state index contributed by atoms with van der Waals surface area (Å²) in [5.74, 6) is 0.452. The summed E-state index contributed by atoms with van der Waals surface area (Å²) in [5.41, 5.74) is 4.62. The highest BCUT2D eigenvalue weighted by molar-refractivity contribution is 7.90. The van der Waals surface area contributed by atoms with Crippen molar-refractivity contribution in [2.45, 2.75) is 25.2 Å². The van der Waals surface area contributed by atoms with Gasteiger partial charge < -0.3 is 9.88 Å². The van der Waals surface area contributed by atoms with Crippen LogP contribution in [0.25, 0.3) is 21.3 Å². The molecule has 0 radical (unpaired) electrons. The number of benzene rings is 2. The number of hydrogen-bond donors (Lipinski definition) is 1. The Labute approximate surface area is 168 Å². The van der Waals surface area contributed by atoms with Gasteiger partial charge in [-0.2, -0.15) is 0 Å². The number of nitrogens with one attached hydrogen (secondary N) is 1. The van der Waals surface area contributed by atoms with Crippen LogP contribution < -0.4 is 5.32 Å². The molecule has 0 fully saturated rings. The van der Waals surface area contributed by atoms with E-state index in [1.54, 1.807) is 18.5 Å². The number of anilines is 2. The summed E-state index contributed by atoms with van der Waals surface area (Å²) in [6.45, 7) is 4.29. The predicted octanol–water partition coefficient (Wildman–Crippen LogP) is 4.53. The molecule has 2 heterocycles. The second kappa shape index (κ2) is 6.86. The fourth-order valence-corrected chi connectivity index (χ4v) is 4.81. The molecule has 0 saturated carbocycles. The Hall–Kier alpha value is -2.45. The molecule has 0 aliphatic heterocycles. The molecule has 6 nitrogen and oxygen atoms in total. The third-order valence-electron chi connectivity index (χ3n) is 4.63. The molecule has 2 aromatic heterocycles. The Balaban J connectivity index is 1.79. The first-order chi connectivity index (χ1) is 13.2. The molecule has 1 N–H and O–H groups in total. The van der Waals surface area contributed by atoms with E-state index in [1.807, 2.05) is 29.8 Å². The molecule has 0 spiro atoms. The minimum atomic E-state index is -3.28. The van der Waals surface area contributed by atoms with Crippen molar-refractivity contribution in [3.8, 4) is 0 Å². The van der Waals surface area contributed by atoms with Gasteiger partial charge in [0.2, 0.25) is 0 Å². The van der Waals surface area contributed by atoms with Crippen LogP contribution in [0.3, 0.4) is 0 Å². The number of fused-ring (bicyclic) bond motifs is 3. The summed E-state index contributed by atoms with van der Waals surface area (Å²) in [4.78, 5) is 9.52. The zero-order chi connectivity index (χ0) is 20.1. The molecule has 2 aromatic carbocycles. The number of aryl methyl sites for hydroxylation is 1. The summed E-state index contributed by atoms with van der Waals surface area (Å²) in [6.07, 6.45) is 3.86. The van der Waals surface area contributed by atoms with E-state index in [2.05, 4.69) is 24.1 Å². The van der Waals surface area contributed by atoms with Gasteiger partial charge in [-0.15, -0.1) is 0 Å². The Morgan fingerprint density at radius 3 is 2.68 bits per heavy atom. The highest BCUT2D eigenvalue weighted by atomic mass is 32.2. The average Bonchev–Trinajstić information content (AvgIpc) is 3.18. The number of hydrogen-bond acceptors (Lipinski definition) is 6. The van der Waals surface area contributed by atoms with Gasteiger partial charge in [-0.3, -0.25) is 0 Å². The summed E-state index contributed by atoms with van der Waals surface area (Å²) in [5, 5.41) is 4.09. The fourth-order valence-electron chi connectivity index (χ4n) is 3.28. The van der Waals surface area contributed by atoms with E-state index in [4.69, 9.17) is 4.98 Å². The van der Waals surface area contributed by atoms with E-state index in [1.165, 1.54) is 17.6 Å². The molecule has 4 aromatic rings. The first-order valence-electron chi connectivity index (χ1n) is 9.03. The molecular formula is C20H22N4O2S2. The Bertz CT molecular complexity index is 1290. The number of nitrogens with zero attached hydrogens (tertiary/aromatic N) is 3. The third kappa shape index (κ3) is 3.49. The maximum atomic E-state index is 12.0. The summed E-state index contributed by atoms with van der Waals surface area (Å²) >= 11 is 1.54. The van der Waals surface area contributed by atoms with Gasteiger partial charge in [0.05, 0.1) is 21.4 Å². The lowest BCUT2D eigenvalue weighted by Gasteiger charge is -2.13. The molecule has 0 bridgehead atoms. The summed E-state index contributed by atoms with van der Waals surface area (Å²) in [6, 6.07) is 9.36. The van der Waals surface area contributed by atoms with Crippen molar-refractivity contribution in [1.29, 1.82) is 0 Å². The van der Waals surface area contributed by atoms with Gasteiger partial charge in [-0.25, -0.2) is 18.4 Å². The number of aromatic nitrogens is 3.